The molecule has 0 aliphatic rings. The van der Waals surface area contributed by atoms with E-state index in [2.05, 4.69) is 29.6 Å². The van der Waals surface area contributed by atoms with Crippen molar-refractivity contribution in [2.24, 2.45) is 0 Å². The number of nitrogens with zero attached hydrogens (tertiary/aromatic N) is 2. The van der Waals surface area contributed by atoms with Crippen molar-refractivity contribution in [2.75, 3.05) is 13.6 Å². The molecule has 1 heterocycles. The second-order valence-corrected chi connectivity index (χ2v) is 3.98. The summed E-state index contributed by atoms with van der Waals surface area (Å²) in [6.45, 7) is 5.57. The highest BCUT2D eigenvalue weighted by Gasteiger charge is 2.02. The Morgan fingerprint density at radius 3 is 2.88 bits per heavy atom. The molecule has 1 rings (SSSR count). The zero-order chi connectivity index (χ0) is 12.0. The number of aromatic nitrogens is 2. The first-order valence-electron chi connectivity index (χ1n) is 5.59. The maximum absolute atomic E-state index is 10.9. The van der Waals surface area contributed by atoms with Gasteiger partial charge in [-0.05, 0) is 19.9 Å². The molecule has 5 nitrogen and oxygen atoms in total. The Labute approximate surface area is 96.2 Å². The summed E-state index contributed by atoms with van der Waals surface area (Å²) in [5, 5.41) is 10.2. The normalized spacial score (nSPS) is 10.8. The van der Waals surface area contributed by atoms with Gasteiger partial charge in [0.25, 0.3) is 0 Å². The maximum atomic E-state index is 10.9. The van der Waals surface area contributed by atoms with Gasteiger partial charge in [0.1, 0.15) is 0 Å². The molecular formula is C11H20N4O. The van der Waals surface area contributed by atoms with E-state index in [9.17, 15) is 4.79 Å². The molecule has 5 heteroatoms. The molecule has 1 aromatic heterocycles. The molecule has 2 N–H and O–H groups in total. The van der Waals surface area contributed by atoms with Gasteiger partial charge in [0, 0.05) is 38.8 Å². The minimum Gasteiger partial charge on any atom is -0.359 e. The third-order valence-corrected chi connectivity index (χ3v) is 2.31. The Kier molecular flexibility index (Phi) is 4.98. The topological polar surface area (TPSA) is 59.0 Å². The van der Waals surface area contributed by atoms with Crippen LogP contribution >= 0.6 is 0 Å². The van der Waals surface area contributed by atoms with Gasteiger partial charge >= 0.3 is 0 Å². The third kappa shape index (κ3) is 4.02. The van der Waals surface area contributed by atoms with Crippen molar-refractivity contribution in [1.82, 2.24) is 20.4 Å². The van der Waals surface area contributed by atoms with Crippen molar-refractivity contribution in [3.05, 3.63) is 18.0 Å². The molecule has 0 bridgehead atoms. The van der Waals surface area contributed by atoms with Crippen LogP contribution in [0.5, 0.6) is 0 Å². The molecule has 0 saturated carbocycles. The van der Waals surface area contributed by atoms with Gasteiger partial charge in [0.15, 0.2) is 0 Å². The van der Waals surface area contributed by atoms with Crippen LogP contribution in [0, 0.1) is 0 Å². The summed E-state index contributed by atoms with van der Waals surface area (Å²) in [4.78, 5) is 10.9. The molecule has 0 spiro atoms. The molecule has 0 aliphatic carbocycles. The summed E-state index contributed by atoms with van der Waals surface area (Å²) in [6, 6.07) is 2.38. The van der Waals surface area contributed by atoms with Gasteiger partial charge < -0.3 is 10.6 Å². The fourth-order valence-corrected chi connectivity index (χ4v) is 1.30. The molecule has 0 unspecified atom stereocenters. The van der Waals surface area contributed by atoms with Crippen LogP contribution in [-0.2, 0) is 11.3 Å². The monoisotopic (exact) mass is 224 g/mol. The molecule has 1 amide bonds. The number of carbonyl (C=O) groups is 1. The molecule has 1 aromatic rings. The molecule has 0 aliphatic heterocycles. The quantitative estimate of drug-likeness (QED) is 0.699. The van der Waals surface area contributed by atoms with Gasteiger partial charge in [-0.1, -0.05) is 0 Å². The van der Waals surface area contributed by atoms with Crippen molar-refractivity contribution in [2.45, 2.75) is 32.9 Å². The van der Waals surface area contributed by atoms with Crippen molar-refractivity contribution < 1.29 is 4.79 Å². The lowest BCUT2D eigenvalue weighted by Crippen LogP contribution is -2.24. The first kappa shape index (κ1) is 12.7. The Bertz CT molecular complexity index is 332. The van der Waals surface area contributed by atoms with E-state index in [1.807, 2.05) is 16.9 Å². The lowest BCUT2D eigenvalue weighted by Gasteiger charge is -2.04. The van der Waals surface area contributed by atoms with Crippen LogP contribution in [0.1, 0.15) is 32.0 Å². The van der Waals surface area contributed by atoms with E-state index < -0.39 is 0 Å². The zero-order valence-corrected chi connectivity index (χ0v) is 10.2. The first-order valence-corrected chi connectivity index (χ1v) is 5.59. The van der Waals surface area contributed by atoms with Gasteiger partial charge in [-0.15, -0.1) is 0 Å². The zero-order valence-electron chi connectivity index (χ0n) is 10.2. The molecular weight excluding hydrogens is 204 g/mol. The van der Waals surface area contributed by atoms with E-state index in [1.54, 1.807) is 7.05 Å². The first-order chi connectivity index (χ1) is 7.63. The van der Waals surface area contributed by atoms with E-state index in [0.717, 1.165) is 5.69 Å². The van der Waals surface area contributed by atoms with Crippen molar-refractivity contribution in [1.29, 1.82) is 0 Å². The van der Waals surface area contributed by atoms with Crippen LogP contribution in [0.2, 0.25) is 0 Å². The van der Waals surface area contributed by atoms with Crippen LogP contribution in [0.4, 0.5) is 0 Å². The smallest absolute Gasteiger partial charge is 0.221 e. The summed E-state index contributed by atoms with van der Waals surface area (Å²) >= 11 is 0. The second kappa shape index (κ2) is 6.27. The van der Waals surface area contributed by atoms with Crippen LogP contribution in [-0.4, -0.2) is 29.3 Å². The standard InChI is InChI=1S/C11H20N4O/c1-9(2)15-7-5-10(14-15)8-13-6-4-11(16)12-3/h5,7,9,13H,4,6,8H2,1-3H3,(H,12,16). The lowest BCUT2D eigenvalue weighted by atomic mass is 10.3. The number of carbonyl (C=O) groups excluding carboxylic acids is 1. The summed E-state index contributed by atoms with van der Waals surface area (Å²) in [5.74, 6) is 0.0557. The lowest BCUT2D eigenvalue weighted by molar-refractivity contribution is -0.120. The summed E-state index contributed by atoms with van der Waals surface area (Å²) < 4.78 is 1.93. The van der Waals surface area contributed by atoms with Crippen LogP contribution < -0.4 is 10.6 Å². The van der Waals surface area contributed by atoms with Crippen molar-refractivity contribution in [3.63, 3.8) is 0 Å². The SMILES string of the molecule is CNC(=O)CCNCc1ccn(C(C)C)n1. The van der Waals surface area contributed by atoms with Gasteiger partial charge in [-0.3, -0.25) is 9.48 Å². The Hall–Kier alpha value is -1.36. The predicted molar refractivity (Wildman–Crippen MR) is 63.0 cm³/mol. The molecule has 16 heavy (non-hydrogen) atoms. The van der Waals surface area contributed by atoms with Crippen LogP contribution in [0.25, 0.3) is 0 Å². The van der Waals surface area contributed by atoms with Crippen LogP contribution in [0.3, 0.4) is 0 Å². The van der Waals surface area contributed by atoms with E-state index in [0.29, 0.717) is 25.6 Å². The van der Waals surface area contributed by atoms with Gasteiger partial charge in [0.05, 0.1) is 5.69 Å². The molecule has 0 fully saturated rings. The number of hydrogen-bond donors (Lipinski definition) is 2. The summed E-state index contributed by atoms with van der Waals surface area (Å²) in [7, 11) is 1.65. The highest BCUT2D eigenvalue weighted by Crippen LogP contribution is 2.03. The molecule has 0 saturated heterocycles. The Morgan fingerprint density at radius 1 is 1.56 bits per heavy atom. The molecule has 0 aromatic carbocycles. The molecule has 90 valence electrons. The van der Waals surface area contributed by atoms with Crippen molar-refractivity contribution >= 4 is 5.91 Å². The highest BCUT2D eigenvalue weighted by atomic mass is 16.1. The van der Waals surface area contributed by atoms with E-state index >= 15 is 0 Å². The fourth-order valence-electron chi connectivity index (χ4n) is 1.30. The minimum atomic E-state index is 0.0557. The van der Waals surface area contributed by atoms with Gasteiger partial charge in [-0.2, -0.15) is 5.10 Å². The maximum Gasteiger partial charge on any atom is 0.221 e. The third-order valence-electron chi connectivity index (χ3n) is 2.31. The summed E-state index contributed by atoms with van der Waals surface area (Å²) in [5.41, 5.74) is 1.01. The number of rotatable bonds is 6. The molecule has 0 atom stereocenters. The van der Waals surface area contributed by atoms with Crippen molar-refractivity contribution in [3.8, 4) is 0 Å². The average Bonchev–Trinajstić information content (AvgIpc) is 2.72. The van der Waals surface area contributed by atoms with E-state index in [-0.39, 0.29) is 5.91 Å². The van der Waals surface area contributed by atoms with Gasteiger partial charge in [0.2, 0.25) is 5.91 Å². The average molecular weight is 224 g/mol. The predicted octanol–water partition coefficient (Wildman–Crippen LogP) is 0.690. The Balaban J connectivity index is 2.24. The number of nitrogens with one attached hydrogen (secondary N) is 2. The summed E-state index contributed by atoms with van der Waals surface area (Å²) in [6.07, 6.45) is 2.47. The van der Waals surface area contributed by atoms with Crippen LogP contribution in [0.15, 0.2) is 12.3 Å². The highest BCUT2D eigenvalue weighted by molar-refractivity contribution is 5.75. The van der Waals surface area contributed by atoms with Gasteiger partial charge in [-0.25, -0.2) is 0 Å². The number of hydrogen-bond acceptors (Lipinski definition) is 3. The van der Waals surface area contributed by atoms with E-state index in [4.69, 9.17) is 0 Å². The second-order valence-electron chi connectivity index (χ2n) is 3.98. The Morgan fingerprint density at radius 2 is 2.31 bits per heavy atom. The largest absolute Gasteiger partial charge is 0.359 e. The molecule has 0 radical (unpaired) electrons. The van der Waals surface area contributed by atoms with E-state index in [1.165, 1.54) is 0 Å². The number of amides is 1. The minimum absolute atomic E-state index is 0.0557. The fraction of sp³-hybridized carbons (Fsp3) is 0.636.